The van der Waals surface area contributed by atoms with Crippen molar-refractivity contribution in [3.63, 3.8) is 0 Å². The van der Waals surface area contributed by atoms with Gasteiger partial charge in [-0.1, -0.05) is 44.5 Å². The molecule has 2 saturated carbocycles. The van der Waals surface area contributed by atoms with Crippen LogP contribution in [0.2, 0.25) is 0 Å². The largest absolute Gasteiger partial charge is 0.474 e. The number of morpholine rings is 1. The summed E-state index contributed by atoms with van der Waals surface area (Å²) in [6.07, 6.45) is 9.49. The quantitative estimate of drug-likeness (QED) is 0.0507. The van der Waals surface area contributed by atoms with Crippen LogP contribution in [0.25, 0.3) is 11.0 Å². The van der Waals surface area contributed by atoms with E-state index in [4.69, 9.17) is 14.2 Å². The lowest BCUT2D eigenvalue weighted by atomic mass is 9.70. The molecule has 1 amide bonds. The van der Waals surface area contributed by atoms with Crippen LogP contribution in [0.3, 0.4) is 0 Å². The first kappa shape index (κ1) is 51.6. The van der Waals surface area contributed by atoms with E-state index in [9.17, 15) is 28.4 Å². The van der Waals surface area contributed by atoms with Crippen LogP contribution in [0, 0.1) is 27.3 Å². The topological polar surface area (TPSA) is 205 Å². The lowest BCUT2D eigenvalue weighted by molar-refractivity contribution is -0.384. The first-order valence-electron chi connectivity index (χ1n) is 26.4. The fraction of sp³-hybridized carbons (Fsp3) is 0.527. The fourth-order valence-corrected chi connectivity index (χ4v) is 13.0. The van der Waals surface area contributed by atoms with Gasteiger partial charge < -0.3 is 34.5 Å². The molecule has 5 heterocycles. The third-order valence-electron chi connectivity index (χ3n) is 16.4. The van der Waals surface area contributed by atoms with E-state index in [-0.39, 0.29) is 57.6 Å². The zero-order valence-electron chi connectivity index (χ0n) is 42.6. The van der Waals surface area contributed by atoms with Gasteiger partial charge in [0.05, 0.1) is 39.6 Å². The van der Waals surface area contributed by atoms with Gasteiger partial charge in [-0.15, -0.1) is 0 Å². The van der Waals surface area contributed by atoms with Crippen LogP contribution in [0.1, 0.15) is 112 Å². The number of nitro benzene ring substituents is 1. The van der Waals surface area contributed by atoms with Crippen LogP contribution in [0.15, 0.2) is 77.8 Å². The number of carbonyl (C=O) groups is 1. The van der Waals surface area contributed by atoms with E-state index in [1.165, 1.54) is 60.9 Å². The second-order valence-electron chi connectivity index (χ2n) is 21.9. The number of halogens is 1. The van der Waals surface area contributed by atoms with Crippen molar-refractivity contribution in [1.82, 2.24) is 24.5 Å². The predicted molar refractivity (Wildman–Crippen MR) is 281 cm³/mol. The minimum Gasteiger partial charge on any atom is -0.474 e. The van der Waals surface area contributed by atoms with Crippen molar-refractivity contribution in [2.75, 3.05) is 82.4 Å². The average molecular weight is 1040 g/mol. The van der Waals surface area contributed by atoms with Crippen molar-refractivity contribution in [3.05, 3.63) is 106 Å². The van der Waals surface area contributed by atoms with Crippen molar-refractivity contribution in [2.45, 2.75) is 107 Å². The number of anilines is 2. The van der Waals surface area contributed by atoms with Crippen molar-refractivity contribution in [1.29, 1.82) is 0 Å². The molecule has 3 aromatic carbocycles. The SMILES string of the molecule is CC(C)c1ccccc1[C@@H]1CCC[C@@H]1N1CC2(CCN(c3ccc(C(=O)NS(=O)(=O)c4ccc(NCC5CCC(C)(O)CC5)c([N+](=O)[O-])c4)c(Oc4cc5c(F)c[nH]c5nc4OCCN4CCOCC4)c3)CC2)C1. The summed E-state index contributed by atoms with van der Waals surface area (Å²) >= 11 is 0. The zero-order chi connectivity index (χ0) is 51.8. The Balaban J connectivity index is 0.887. The molecular weight excluding hydrogens is 968 g/mol. The molecule has 2 atom stereocenters. The van der Waals surface area contributed by atoms with E-state index in [1.807, 2.05) is 0 Å². The number of hydrogen-bond acceptors (Lipinski definition) is 14. The summed E-state index contributed by atoms with van der Waals surface area (Å²) in [5.41, 5.74) is 2.92. The standard InChI is InChI=1S/C55H69FN8O9S/c1-36(2)40-7-4-5-8-41(40)42-9-6-10-47(42)63-34-55(35-63)19-21-62(22-20-55)38-11-13-43(49(29-38)73-50-31-44-45(56)33-58-51(44)59-53(50)72-28-25-61-23-26-71-27-24-61)52(65)60-74(69,70)39-12-14-46(48(30-39)64(67)68)57-32-37-15-17-54(3,66)18-16-37/h4-5,7-8,11-14,29-31,33,36-37,42,47,57,66H,6,9-10,15-28,32,34-35H2,1-3H3,(H,58,59)(H,60,65)/t37?,42-,47-,54?/m0/s1. The molecule has 19 heteroatoms. The van der Waals surface area contributed by atoms with Gasteiger partial charge >= 0.3 is 0 Å². The van der Waals surface area contributed by atoms with E-state index in [1.54, 1.807) is 19.1 Å². The summed E-state index contributed by atoms with van der Waals surface area (Å²) in [6.45, 7) is 13.8. The highest BCUT2D eigenvalue weighted by Crippen LogP contribution is 2.49. The molecular formula is C55H69FN8O9S. The Kier molecular flexibility index (Phi) is 14.9. The number of piperidine rings is 1. The minimum atomic E-state index is -4.69. The number of amides is 1. The van der Waals surface area contributed by atoms with Crippen molar-refractivity contribution in [3.8, 4) is 17.4 Å². The number of ether oxygens (including phenoxy) is 3. The van der Waals surface area contributed by atoms with E-state index < -0.39 is 42.9 Å². The molecule has 3 saturated heterocycles. The molecule has 17 nitrogen and oxygen atoms in total. The highest BCUT2D eigenvalue weighted by atomic mass is 32.2. The van der Waals surface area contributed by atoms with Crippen molar-refractivity contribution in [2.24, 2.45) is 11.3 Å². The number of nitrogens with one attached hydrogen (secondary N) is 3. The van der Waals surface area contributed by atoms with E-state index >= 15 is 4.39 Å². The van der Waals surface area contributed by atoms with Crippen molar-refractivity contribution >= 4 is 44.0 Å². The fourth-order valence-electron chi connectivity index (χ4n) is 12.0. The molecule has 10 rings (SSSR count). The third-order valence-corrected chi connectivity index (χ3v) is 17.8. The third kappa shape index (κ3) is 11.2. The number of benzene rings is 3. The van der Waals surface area contributed by atoms with Crippen LogP contribution in [0.5, 0.6) is 17.4 Å². The van der Waals surface area contributed by atoms with E-state index in [2.05, 4.69) is 72.8 Å². The first-order valence-corrected chi connectivity index (χ1v) is 27.8. The number of pyridine rings is 1. The summed E-state index contributed by atoms with van der Waals surface area (Å²) in [6, 6.07) is 19.4. The second-order valence-corrected chi connectivity index (χ2v) is 23.6. The van der Waals surface area contributed by atoms with E-state index in [0.717, 1.165) is 76.7 Å². The van der Waals surface area contributed by atoms with Gasteiger partial charge in [-0.2, -0.15) is 4.98 Å². The minimum absolute atomic E-state index is 0.0118. The lowest BCUT2D eigenvalue weighted by Crippen LogP contribution is -2.63. The number of aliphatic hydroxyl groups is 1. The van der Waals surface area contributed by atoms with Crippen LogP contribution >= 0.6 is 0 Å². The molecule has 5 aliphatic rings. The Labute approximate surface area is 432 Å². The number of sulfonamides is 1. The number of fused-ring (bicyclic) bond motifs is 1. The van der Waals surface area contributed by atoms with Gasteiger partial charge in [0.25, 0.3) is 27.5 Å². The number of aromatic amines is 1. The summed E-state index contributed by atoms with van der Waals surface area (Å²) < 4.78 is 63.6. The normalized spacial score (nSPS) is 23.5. The van der Waals surface area contributed by atoms with Crippen molar-refractivity contribution < 1.29 is 41.8 Å². The number of nitrogens with zero attached hydrogens (tertiary/aromatic N) is 5. The molecule has 2 aromatic heterocycles. The van der Waals surface area contributed by atoms with Crippen LogP contribution in [0.4, 0.5) is 21.5 Å². The van der Waals surface area contributed by atoms with Gasteiger partial charge in [0.15, 0.2) is 5.75 Å². The second kappa shape index (κ2) is 21.4. The molecule has 3 aliphatic heterocycles. The molecule has 1 spiro atoms. The Hall–Kier alpha value is -5.86. The summed E-state index contributed by atoms with van der Waals surface area (Å²) in [4.78, 5) is 40.1. The lowest BCUT2D eigenvalue weighted by Gasteiger charge is -2.57. The van der Waals surface area contributed by atoms with E-state index in [0.29, 0.717) is 57.0 Å². The first-order chi connectivity index (χ1) is 35.5. The summed E-state index contributed by atoms with van der Waals surface area (Å²) in [5, 5.41) is 25.9. The number of aromatic nitrogens is 2. The molecule has 0 unspecified atom stereocenters. The number of likely N-dealkylation sites (tertiary alicyclic amines) is 1. The van der Waals surface area contributed by atoms with Crippen LogP contribution in [-0.2, 0) is 14.8 Å². The number of hydrogen-bond donors (Lipinski definition) is 4. The number of rotatable bonds is 17. The summed E-state index contributed by atoms with van der Waals surface area (Å²) in [7, 11) is -4.69. The van der Waals surface area contributed by atoms with Gasteiger partial charge in [0.2, 0.25) is 0 Å². The maximum Gasteiger partial charge on any atom is 0.293 e. The highest BCUT2D eigenvalue weighted by Gasteiger charge is 2.49. The van der Waals surface area contributed by atoms with Gasteiger partial charge in [0, 0.05) is 88.5 Å². The smallest absolute Gasteiger partial charge is 0.293 e. The Morgan fingerprint density at radius 2 is 1.74 bits per heavy atom. The monoisotopic (exact) mass is 1040 g/mol. The molecule has 74 heavy (non-hydrogen) atoms. The highest BCUT2D eigenvalue weighted by molar-refractivity contribution is 7.90. The molecule has 2 aliphatic carbocycles. The Bertz CT molecular complexity index is 2950. The number of nitro groups is 1. The molecule has 396 valence electrons. The molecule has 0 bridgehead atoms. The van der Waals surface area contributed by atoms with Gasteiger partial charge in [0.1, 0.15) is 29.5 Å². The zero-order valence-corrected chi connectivity index (χ0v) is 43.4. The molecule has 5 fully saturated rings. The maximum atomic E-state index is 15.2. The van der Waals surface area contributed by atoms with Crippen LogP contribution in [-0.4, -0.2) is 128 Å². The summed E-state index contributed by atoms with van der Waals surface area (Å²) in [5.74, 6) is -0.409. The number of carbonyl (C=O) groups excluding carboxylic acids is 1. The van der Waals surface area contributed by atoms with Gasteiger partial charge in [-0.05, 0) is 117 Å². The average Bonchev–Trinajstić information content (AvgIpc) is 4.01. The molecule has 5 aromatic rings. The predicted octanol–water partition coefficient (Wildman–Crippen LogP) is 8.95. The Morgan fingerprint density at radius 3 is 2.49 bits per heavy atom. The maximum absolute atomic E-state index is 15.2. The van der Waals surface area contributed by atoms with Crippen LogP contribution < -0.4 is 24.4 Å². The van der Waals surface area contributed by atoms with Gasteiger partial charge in [-0.25, -0.2) is 17.5 Å². The number of H-pyrrole nitrogens is 1. The molecule has 4 N–H and O–H groups in total. The van der Waals surface area contributed by atoms with Gasteiger partial charge in [-0.3, -0.25) is 24.7 Å². The Morgan fingerprint density at radius 1 is 0.986 bits per heavy atom. The molecule has 0 radical (unpaired) electrons.